The van der Waals surface area contributed by atoms with E-state index in [1.807, 2.05) is 54.6 Å². The third kappa shape index (κ3) is 4.11. The smallest absolute Gasteiger partial charge is 0.127 e. The van der Waals surface area contributed by atoms with Crippen LogP contribution in [0.5, 0.6) is 11.5 Å². The third-order valence-electron chi connectivity index (χ3n) is 2.30. The number of nitrogens with two attached hydrogens (primary N) is 1. The van der Waals surface area contributed by atoms with Crippen LogP contribution >= 0.6 is 12.4 Å². The number of benzene rings is 2. The summed E-state index contributed by atoms with van der Waals surface area (Å²) < 4.78 is 5.65. The molecule has 3 nitrogen and oxygen atoms in total. The largest absolute Gasteiger partial charge is 0.457 e. The third-order valence-corrected chi connectivity index (χ3v) is 2.30. The Labute approximate surface area is 113 Å². The van der Waals surface area contributed by atoms with Crippen molar-refractivity contribution in [3.63, 3.8) is 0 Å². The number of hydrogen-bond donors (Lipinski definition) is 2. The zero-order valence-electron chi connectivity index (χ0n) is 9.80. The fourth-order valence-electron chi connectivity index (χ4n) is 1.52. The maximum Gasteiger partial charge on any atom is 0.127 e. The van der Waals surface area contributed by atoms with Crippen molar-refractivity contribution in [3.05, 3.63) is 60.2 Å². The van der Waals surface area contributed by atoms with Gasteiger partial charge in [-0.2, -0.15) is 0 Å². The minimum atomic E-state index is 0. The summed E-state index contributed by atoms with van der Waals surface area (Å²) in [4.78, 5) is 0. The van der Waals surface area contributed by atoms with Crippen LogP contribution in [0.3, 0.4) is 0 Å². The molecule has 94 valence electrons. The standard InChI is InChI=1S/C14H14N2O.ClH/c15-14(16)10-11-6-8-13(9-7-11)17-12-4-2-1-3-5-12;/h1-9H,10H2,(H3,15,16);1H. The summed E-state index contributed by atoms with van der Waals surface area (Å²) in [5, 5.41) is 7.21. The highest BCUT2D eigenvalue weighted by molar-refractivity contribution is 5.85. The van der Waals surface area contributed by atoms with Gasteiger partial charge in [-0.25, -0.2) is 0 Å². The zero-order chi connectivity index (χ0) is 12.1. The first-order valence-electron chi connectivity index (χ1n) is 5.39. The van der Waals surface area contributed by atoms with Crippen LogP contribution in [-0.2, 0) is 6.42 Å². The normalized spacial score (nSPS) is 9.33. The summed E-state index contributed by atoms with van der Waals surface area (Å²) >= 11 is 0. The molecule has 0 amide bonds. The fourth-order valence-corrected chi connectivity index (χ4v) is 1.52. The van der Waals surface area contributed by atoms with E-state index in [1.54, 1.807) is 0 Å². The molecule has 0 saturated carbocycles. The Hall–Kier alpha value is -2.00. The van der Waals surface area contributed by atoms with Gasteiger partial charge in [-0.15, -0.1) is 12.4 Å². The average Bonchev–Trinajstić information content (AvgIpc) is 2.32. The molecule has 0 aliphatic carbocycles. The Balaban J connectivity index is 0.00000162. The van der Waals surface area contributed by atoms with E-state index in [2.05, 4.69) is 0 Å². The Kier molecular flexibility index (Phi) is 5.21. The van der Waals surface area contributed by atoms with Gasteiger partial charge in [-0.05, 0) is 29.8 Å². The number of hydrogen-bond acceptors (Lipinski definition) is 2. The molecule has 0 saturated heterocycles. The van der Waals surface area contributed by atoms with Gasteiger partial charge in [0.2, 0.25) is 0 Å². The van der Waals surface area contributed by atoms with E-state index in [9.17, 15) is 0 Å². The zero-order valence-corrected chi connectivity index (χ0v) is 10.6. The van der Waals surface area contributed by atoms with Crippen molar-refractivity contribution in [2.45, 2.75) is 6.42 Å². The van der Waals surface area contributed by atoms with Crippen LogP contribution in [0, 0.1) is 5.41 Å². The molecule has 0 spiro atoms. The molecule has 0 bridgehead atoms. The molecule has 0 aliphatic heterocycles. The van der Waals surface area contributed by atoms with Gasteiger partial charge in [0.15, 0.2) is 0 Å². The molecular weight excluding hydrogens is 248 g/mol. The molecule has 0 aliphatic rings. The summed E-state index contributed by atoms with van der Waals surface area (Å²) in [6.07, 6.45) is 0.478. The molecule has 0 radical (unpaired) electrons. The highest BCUT2D eigenvalue weighted by atomic mass is 35.5. The Morgan fingerprint density at radius 2 is 1.50 bits per heavy atom. The van der Waals surface area contributed by atoms with Crippen molar-refractivity contribution in [3.8, 4) is 11.5 Å². The minimum absolute atomic E-state index is 0. The monoisotopic (exact) mass is 262 g/mol. The summed E-state index contributed by atoms with van der Waals surface area (Å²) in [6.45, 7) is 0. The summed E-state index contributed by atoms with van der Waals surface area (Å²) in [5.41, 5.74) is 6.35. The highest BCUT2D eigenvalue weighted by Gasteiger charge is 1.98. The molecule has 4 heteroatoms. The first-order chi connectivity index (χ1) is 8.24. The highest BCUT2D eigenvalue weighted by Crippen LogP contribution is 2.21. The maximum atomic E-state index is 7.21. The van der Waals surface area contributed by atoms with Crippen molar-refractivity contribution in [2.24, 2.45) is 5.73 Å². The van der Waals surface area contributed by atoms with E-state index in [-0.39, 0.29) is 18.2 Å². The lowest BCUT2D eigenvalue weighted by Crippen LogP contribution is -2.12. The van der Waals surface area contributed by atoms with Crippen molar-refractivity contribution in [1.29, 1.82) is 5.41 Å². The Bertz CT molecular complexity index is 497. The Morgan fingerprint density at radius 1 is 0.944 bits per heavy atom. The van der Waals surface area contributed by atoms with Crippen molar-refractivity contribution < 1.29 is 4.74 Å². The van der Waals surface area contributed by atoms with E-state index >= 15 is 0 Å². The molecule has 2 rings (SSSR count). The molecule has 18 heavy (non-hydrogen) atoms. The quantitative estimate of drug-likeness (QED) is 0.655. The van der Waals surface area contributed by atoms with E-state index in [4.69, 9.17) is 15.9 Å². The lowest BCUT2D eigenvalue weighted by molar-refractivity contribution is 0.482. The SMILES string of the molecule is Cl.N=C(N)Cc1ccc(Oc2ccccc2)cc1. The number of ether oxygens (including phenoxy) is 1. The second kappa shape index (κ2) is 6.67. The number of nitrogens with one attached hydrogen (secondary N) is 1. The van der Waals surface area contributed by atoms with E-state index < -0.39 is 0 Å². The van der Waals surface area contributed by atoms with Crippen molar-refractivity contribution >= 4 is 18.2 Å². The van der Waals surface area contributed by atoms with Crippen LogP contribution in [-0.4, -0.2) is 5.84 Å². The van der Waals surface area contributed by atoms with Gasteiger partial charge in [0.05, 0.1) is 5.84 Å². The van der Waals surface area contributed by atoms with Crippen LogP contribution in [0.25, 0.3) is 0 Å². The van der Waals surface area contributed by atoms with Crippen molar-refractivity contribution in [2.75, 3.05) is 0 Å². The van der Waals surface area contributed by atoms with Crippen LogP contribution in [0.15, 0.2) is 54.6 Å². The Morgan fingerprint density at radius 3 is 2.06 bits per heavy atom. The number of amidine groups is 1. The number of halogens is 1. The van der Waals surface area contributed by atoms with Gasteiger partial charge in [0, 0.05) is 6.42 Å². The molecule has 0 unspecified atom stereocenters. The van der Waals surface area contributed by atoms with Crippen molar-refractivity contribution in [1.82, 2.24) is 0 Å². The average molecular weight is 263 g/mol. The number of rotatable bonds is 4. The lowest BCUT2D eigenvalue weighted by Gasteiger charge is -2.06. The molecular formula is C14H15ClN2O. The van der Waals surface area contributed by atoms with Gasteiger partial charge in [-0.1, -0.05) is 30.3 Å². The van der Waals surface area contributed by atoms with Gasteiger partial charge in [0.25, 0.3) is 0 Å². The summed E-state index contributed by atoms with van der Waals surface area (Å²) in [7, 11) is 0. The summed E-state index contributed by atoms with van der Waals surface area (Å²) in [5.74, 6) is 1.76. The van der Waals surface area contributed by atoms with E-state index in [1.165, 1.54) is 0 Å². The summed E-state index contributed by atoms with van der Waals surface area (Å²) in [6, 6.07) is 17.2. The minimum Gasteiger partial charge on any atom is -0.457 e. The maximum absolute atomic E-state index is 7.21. The predicted octanol–water partition coefficient (Wildman–Crippen LogP) is 3.38. The van der Waals surface area contributed by atoms with Gasteiger partial charge in [0.1, 0.15) is 11.5 Å². The lowest BCUT2D eigenvalue weighted by atomic mass is 10.1. The molecule has 2 aromatic rings. The first kappa shape index (κ1) is 14.1. The second-order valence-corrected chi connectivity index (χ2v) is 3.76. The topological polar surface area (TPSA) is 59.1 Å². The molecule has 2 aromatic carbocycles. The number of para-hydroxylation sites is 1. The van der Waals surface area contributed by atoms with E-state index in [0.717, 1.165) is 17.1 Å². The first-order valence-corrected chi connectivity index (χ1v) is 5.39. The molecule has 0 heterocycles. The molecule has 0 aromatic heterocycles. The van der Waals surface area contributed by atoms with Gasteiger partial charge >= 0.3 is 0 Å². The predicted molar refractivity (Wildman–Crippen MR) is 75.8 cm³/mol. The molecule has 0 atom stereocenters. The van der Waals surface area contributed by atoms with Gasteiger partial charge in [-0.3, -0.25) is 5.41 Å². The second-order valence-electron chi connectivity index (χ2n) is 3.76. The van der Waals surface area contributed by atoms with Crippen LogP contribution in [0.4, 0.5) is 0 Å². The van der Waals surface area contributed by atoms with Crippen LogP contribution in [0.2, 0.25) is 0 Å². The fraction of sp³-hybridized carbons (Fsp3) is 0.0714. The van der Waals surface area contributed by atoms with Gasteiger partial charge < -0.3 is 10.5 Å². The molecule has 3 N–H and O–H groups in total. The molecule has 0 fully saturated rings. The van der Waals surface area contributed by atoms with E-state index in [0.29, 0.717) is 6.42 Å². The van der Waals surface area contributed by atoms with Crippen LogP contribution < -0.4 is 10.5 Å². The van der Waals surface area contributed by atoms with Crippen LogP contribution in [0.1, 0.15) is 5.56 Å².